The molecule has 3 aromatic heterocycles. The number of para-hydroxylation sites is 2. The van der Waals surface area contributed by atoms with Gasteiger partial charge in [0.1, 0.15) is 5.65 Å². The van der Waals surface area contributed by atoms with E-state index in [1.165, 1.54) is 11.1 Å². The molecule has 0 bridgehead atoms. The quantitative estimate of drug-likeness (QED) is 0.480. The van der Waals surface area contributed by atoms with Crippen LogP contribution in [0, 0.1) is 13.8 Å². The minimum Gasteiger partial charge on any atom is -0.275 e. The molecule has 3 heterocycles. The first-order valence-corrected chi connectivity index (χ1v) is 6.25. The molecule has 0 spiro atoms. The van der Waals surface area contributed by atoms with Gasteiger partial charge in [-0.3, -0.25) is 4.40 Å². The lowest BCUT2D eigenvalue weighted by Gasteiger charge is -2.08. The second-order valence-electron chi connectivity index (χ2n) is 4.78. The molecule has 0 fully saturated rings. The Morgan fingerprint density at radius 3 is 2.68 bits per heavy atom. The standard InChI is InChI=1S/C15H12N4/c1-9-10(2)14-17-12-5-3-4-6-13(12)19(14)15-11(9)7-8-16-18-15/h3-8H,1-2H3. The average molecular weight is 248 g/mol. The topological polar surface area (TPSA) is 43.1 Å². The van der Waals surface area contributed by atoms with Gasteiger partial charge in [-0.25, -0.2) is 4.98 Å². The van der Waals surface area contributed by atoms with Crippen LogP contribution in [0.1, 0.15) is 11.1 Å². The molecule has 19 heavy (non-hydrogen) atoms. The summed E-state index contributed by atoms with van der Waals surface area (Å²) in [7, 11) is 0. The van der Waals surface area contributed by atoms with Gasteiger partial charge in [-0.1, -0.05) is 12.1 Å². The summed E-state index contributed by atoms with van der Waals surface area (Å²) < 4.78 is 2.10. The summed E-state index contributed by atoms with van der Waals surface area (Å²) in [6.07, 6.45) is 1.74. The molecule has 0 aliphatic heterocycles. The number of benzene rings is 1. The van der Waals surface area contributed by atoms with Gasteiger partial charge in [-0.05, 0) is 43.2 Å². The van der Waals surface area contributed by atoms with Crippen molar-refractivity contribution in [2.75, 3.05) is 0 Å². The highest BCUT2D eigenvalue weighted by Crippen LogP contribution is 2.27. The van der Waals surface area contributed by atoms with Crippen molar-refractivity contribution >= 4 is 27.7 Å². The minimum absolute atomic E-state index is 0.870. The van der Waals surface area contributed by atoms with Crippen molar-refractivity contribution < 1.29 is 0 Å². The van der Waals surface area contributed by atoms with E-state index in [1.807, 2.05) is 24.3 Å². The predicted molar refractivity (Wildman–Crippen MR) is 75.3 cm³/mol. The van der Waals surface area contributed by atoms with E-state index in [1.54, 1.807) is 6.20 Å². The number of fused-ring (bicyclic) bond motifs is 5. The van der Waals surface area contributed by atoms with E-state index in [0.717, 1.165) is 27.7 Å². The average Bonchev–Trinajstić information content (AvgIpc) is 2.84. The number of nitrogens with zero attached hydrogens (tertiary/aromatic N) is 4. The molecule has 0 saturated carbocycles. The Morgan fingerprint density at radius 1 is 0.947 bits per heavy atom. The van der Waals surface area contributed by atoms with Gasteiger partial charge in [0.05, 0.1) is 17.2 Å². The number of hydrogen-bond donors (Lipinski definition) is 0. The van der Waals surface area contributed by atoms with Gasteiger partial charge < -0.3 is 0 Å². The molecule has 4 heteroatoms. The Bertz CT molecular complexity index is 937. The van der Waals surface area contributed by atoms with E-state index in [-0.39, 0.29) is 0 Å². The number of hydrogen-bond acceptors (Lipinski definition) is 3. The number of imidazole rings is 1. The van der Waals surface area contributed by atoms with Gasteiger partial charge >= 0.3 is 0 Å². The Hall–Kier alpha value is -2.49. The number of rotatable bonds is 0. The van der Waals surface area contributed by atoms with Crippen LogP contribution < -0.4 is 0 Å². The van der Waals surface area contributed by atoms with Gasteiger partial charge in [-0.2, -0.15) is 5.10 Å². The minimum atomic E-state index is 0.870. The summed E-state index contributed by atoms with van der Waals surface area (Å²) in [5.41, 5.74) is 6.31. The van der Waals surface area contributed by atoms with Gasteiger partial charge in [0.2, 0.25) is 0 Å². The van der Waals surface area contributed by atoms with Crippen molar-refractivity contribution in [2.45, 2.75) is 13.8 Å². The van der Waals surface area contributed by atoms with E-state index in [4.69, 9.17) is 4.98 Å². The number of aryl methyl sites for hydroxylation is 2. The third kappa shape index (κ3) is 1.25. The highest BCUT2D eigenvalue weighted by atomic mass is 15.2. The van der Waals surface area contributed by atoms with Crippen molar-refractivity contribution in [3.63, 3.8) is 0 Å². The second kappa shape index (κ2) is 3.51. The van der Waals surface area contributed by atoms with Crippen LogP contribution in [0.2, 0.25) is 0 Å². The third-order valence-corrected chi connectivity index (χ3v) is 3.78. The van der Waals surface area contributed by atoms with Crippen molar-refractivity contribution in [2.24, 2.45) is 0 Å². The van der Waals surface area contributed by atoms with Crippen LogP contribution in [0.15, 0.2) is 36.5 Å². The highest BCUT2D eigenvalue weighted by molar-refractivity contribution is 5.91. The molecule has 0 amide bonds. The molecule has 0 aliphatic rings. The number of aromatic nitrogens is 4. The molecule has 0 unspecified atom stereocenters. The molecule has 0 radical (unpaired) electrons. The first-order chi connectivity index (χ1) is 9.27. The zero-order valence-corrected chi connectivity index (χ0v) is 10.8. The summed E-state index contributed by atoms with van der Waals surface area (Å²) >= 11 is 0. The van der Waals surface area contributed by atoms with E-state index >= 15 is 0 Å². The van der Waals surface area contributed by atoms with Crippen LogP contribution >= 0.6 is 0 Å². The Balaban J connectivity index is 2.43. The first kappa shape index (κ1) is 10.4. The molecule has 92 valence electrons. The summed E-state index contributed by atoms with van der Waals surface area (Å²) in [4.78, 5) is 4.72. The zero-order chi connectivity index (χ0) is 13.0. The summed E-state index contributed by atoms with van der Waals surface area (Å²) in [6, 6.07) is 10.1. The summed E-state index contributed by atoms with van der Waals surface area (Å²) in [6.45, 7) is 4.22. The van der Waals surface area contributed by atoms with Gasteiger partial charge in [0, 0.05) is 5.39 Å². The molecule has 0 N–H and O–H groups in total. The highest BCUT2D eigenvalue weighted by Gasteiger charge is 2.13. The maximum atomic E-state index is 4.72. The van der Waals surface area contributed by atoms with Crippen LogP contribution in [0.25, 0.3) is 27.7 Å². The van der Waals surface area contributed by atoms with Crippen LogP contribution in [-0.2, 0) is 0 Å². The molecule has 4 rings (SSSR count). The Labute approximate surface area is 109 Å². The third-order valence-electron chi connectivity index (χ3n) is 3.78. The van der Waals surface area contributed by atoms with Crippen LogP contribution in [-0.4, -0.2) is 19.6 Å². The first-order valence-electron chi connectivity index (χ1n) is 6.25. The van der Waals surface area contributed by atoms with Gasteiger partial charge in [0.15, 0.2) is 5.65 Å². The number of pyridine rings is 1. The lowest BCUT2D eigenvalue weighted by molar-refractivity contribution is 1.03. The molecule has 4 aromatic rings. The fourth-order valence-corrected chi connectivity index (χ4v) is 2.64. The second-order valence-corrected chi connectivity index (χ2v) is 4.78. The fourth-order valence-electron chi connectivity index (χ4n) is 2.64. The molecular formula is C15H12N4. The normalized spacial score (nSPS) is 11.7. The molecule has 0 atom stereocenters. The molecule has 4 nitrogen and oxygen atoms in total. The van der Waals surface area contributed by atoms with Crippen molar-refractivity contribution in [3.05, 3.63) is 47.7 Å². The van der Waals surface area contributed by atoms with E-state index < -0.39 is 0 Å². The van der Waals surface area contributed by atoms with Gasteiger partial charge in [-0.15, -0.1) is 5.10 Å². The Kier molecular flexibility index (Phi) is 1.93. The van der Waals surface area contributed by atoms with Gasteiger partial charge in [0.25, 0.3) is 0 Å². The zero-order valence-electron chi connectivity index (χ0n) is 10.8. The van der Waals surface area contributed by atoms with Crippen molar-refractivity contribution in [3.8, 4) is 0 Å². The van der Waals surface area contributed by atoms with E-state index in [2.05, 4.69) is 34.5 Å². The maximum Gasteiger partial charge on any atom is 0.169 e. The summed E-state index contributed by atoms with van der Waals surface area (Å²) in [5.74, 6) is 0. The van der Waals surface area contributed by atoms with Crippen LogP contribution in [0.5, 0.6) is 0 Å². The van der Waals surface area contributed by atoms with E-state index in [9.17, 15) is 0 Å². The Morgan fingerprint density at radius 2 is 1.79 bits per heavy atom. The SMILES string of the molecule is Cc1c(C)c2nc3ccccc3n2c2nnccc12. The fraction of sp³-hybridized carbons (Fsp3) is 0.133. The lowest BCUT2D eigenvalue weighted by Crippen LogP contribution is -1.98. The predicted octanol–water partition coefficient (Wildman–Crippen LogP) is 3.05. The van der Waals surface area contributed by atoms with Crippen molar-refractivity contribution in [1.29, 1.82) is 0 Å². The van der Waals surface area contributed by atoms with E-state index in [0.29, 0.717) is 0 Å². The monoisotopic (exact) mass is 248 g/mol. The molecule has 1 aromatic carbocycles. The molecule has 0 saturated heterocycles. The van der Waals surface area contributed by atoms with Crippen LogP contribution in [0.4, 0.5) is 0 Å². The largest absolute Gasteiger partial charge is 0.275 e. The molecular weight excluding hydrogens is 236 g/mol. The smallest absolute Gasteiger partial charge is 0.169 e. The van der Waals surface area contributed by atoms with Crippen LogP contribution in [0.3, 0.4) is 0 Å². The summed E-state index contributed by atoms with van der Waals surface area (Å²) in [5, 5.41) is 9.46. The molecule has 0 aliphatic carbocycles. The maximum absolute atomic E-state index is 4.72. The lowest BCUT2D eigenvalue weighted by atomic mass is 10.1. The van der Waals surface area contributed by atoms with Crippen molar-refractivity contribution in [1.82, 2.24) is 19.6 Å².